The van der Waals surface area contributed by atoms with E-state index in [1.807, 2.05) is 31.2 Å². The summed E-state index contributed by atoms with van der Waals surface area (Å²) in [5.41, 5.74) is 2.46. The fourth-order valence-electron chi connectivity index (χ4n) is 1.86. The number of halogens is 3. The summed E-state index contributed by atoms with van der Waals surface area (Å²) in [7, 11) is 0. The standard InChI is InChI=1S/C17H15F3N2OS/c1-12-6-8-14(9-7-12)24-11-16(23)22-21-10-13-4-2-3-5-15(13)17(18,19)20/h2-10H,11H2,1H3,(H,22,23)/b21-10-. The Kier molecular flexibility index (Phi) is 6.03. The smallest absolute Gasteiger partial charge is 0.272 e. The van der Waals surface area contributed by atoms with Gasteiger partial charge in [0, 0.05) is 10.5 Å². The molecule has 1 amide bonds. The number of benzene rings is 2. The summed E-state index contributed by atoms with van der Waals surface area (Å²) in [6, 6.07) is 12.7. The van der Waals surface area contributed by atoms with Crippen LogP contribution in [0.1, 0.15) is 16.7 Å². The van der Waals surface area contributed by atoms with Crippen LogP contribution in [0.4, 0.5) is 13.2 Å². The average molecular weight is 352 g/mol. The molecule has 0 aliphatic heterocycles. The molecule has 0 spiro atoms. The maximum absolute atomic E-state index is 12.8. The van der Waals surface area contributed by atoms with Gasteiger partial charge in [0.05, 0.1) is 17.5 Å². The Morgan fingerprint density at radius 1 is 1.17 bits per heavy atom. The van der Waals surface area contributed by atoms with Gasteiger partial charge in [-0.2, -0.15) is 18.3 Å². The summed E-state index contributed by atoms with van der Waals surface area (Å²) < 4.78 is 38.5. The highest BCUT2D eigenvalue weighted by Gasteiger charge is 2.32. The van der Waals surface area contributed by atoms with E-state index in [4.69, 9.17) is 0 Å². The van der Waals surface area contributed by atoms with Crippen LogP contribution in [0.25, 0.3) is 0 Å². The number of carbonyl (C=O) groups excluding carboxylic acids is 1. The van der Waals surface area contributed by atoms with Gasteiger partial charge in [-0.25, -0.2) is 5.43 Å². The molecular formula is C17H15F3N2OS. The van der Waals surface area contributed by atoms with Crippen LogP contribution < -0.4 is 5.43 Å². The lowest BCUT2D eigenvalue weighted by Crippen LogP contribution is -2.20. The summed E-state index contributed by atoms with van der Waals surface area (Å²) >= 11 is 1.32. The van der Waals surface area contributed by atoms with Gasteiger partial charge in [0.25, 0.3) is 0 Å². The van der Waals surface area contributed by atoms with E-state index in [0.29, 0.717) is 0 Å². The van der Waals surface area contributed by atoms with Gasteiger partial charge in [-0.15, -0.1) is 11.8 Å². The number of carbonyl (C=O) groups is 1. The van der Waals surface area contributed by atoms with E-state index in [1.165, 1.54) is 30.0 Å². The first-order valence-electron chi connectivity index (χ1n) is 7.04. The van der Waals surface area contributed by atoms with Crippen molar-refractivity contribution in [3.63, 3.8) is 0 Å². The molecule has 0 aliphatic rings. The molecule has 24 heavy (non-hydrogen) atoms. The molecule has 2 rings (SSSR count). The first-order valence-corrected chi connectivity index (χ1v) is 8.02. The molecule has 1 N–H and O–H groups in total. The zero-order valence-corrected chi connectivity index (χ0v) is 13.6. The topological polar surface area (TPSA) is 41.5 Å². The second-order valence-electron chi connectivity index (χ2n) is 4.98. The predicted molar refractivity (Wildman–Crippen MR) is 89.1 cm³/mol. The van der Waals surface area contributed by atoms with Crippen molar-refractivity contribution in [2.45, 2.75) is 18.0 Å². The molecule has 0 radical (unpaired) electrons. The number of nitrogens with one attached hydrogen (secondary N) is 1. The van der Waals surface area contributed by atoms with Crippen molar-refractivity contribution in [3.05, 3.63) is 65.2 Å². The highest BCUT2D eigenvalue weighted by Crippen LogP contribution is 2.31. The Morgan fingerprint density at radius 2 is 1.83 bits per heavy atom. The number of rotatable bonds is 5. The molecule has 0 bridgehead atoms. The van der Waals surface area contributed by atoms with Gasteiger partial charge < -0.3 is 0 Å². The third-order valence-electron chi connectivity index (χ3n) is 3.05. The molecule has 7 heteroatoms. The molecule has 126 valence electrons. The van der Waals surface area contributed by atoms with Gasteiger partial charge in [0.1, 0.15) is 0 Å². The van der Waals surface area contributed by atoms with E-state index in [-0.39, 0.29) is 17.2 Å². The van der Waals surface area contributed by atoms with Crippen LogP contribution >= 0.6 is 11.8 Å². The van der Waals surface area contributed by atoms with Crippen LogP contribution in [-0.2, 0) is 11.0 Å². The maximum atomic E-state index is 12.8. The lowest BCUT2D eigenvalue weighted by atomic mass is 10.1. The number of amides is 1. The molecule has 0 saturated carbocycles. The Balaban J connectivity index is 1.90. The zero-order chi connectivity index (χ0) is 17.6. The van der Waals surface area contributed by atoms with Crippen molar-refractivity contribution in [3.8, 4) is 0 Å². The first kappa shape index (κ1) is 18.1. The number of aryl methyl sites for hydroxylation is 1. The Hall–Kier alpha value is -2.28. The lowest BCUT2D eigenvalue weighted by molar-refractivity contribution is -0.137. The van der Waals surface area contributed by atoms with Crippen LogP contribution in [0.15, 0.2) is 58.5 Å². The highest BCUT2D eigenvalue weighted by molar-refractivity contribution is 8.00. The second kappa shape index (κ2) is 8.01. The fourth-order valence-corrected chi connectivity index (χ4v) is 2.55. The van der Waals surface area contributed by atoms with Crippen molar-refractivity contribution in [2.75, 3.05) is 5.75 Å². The van der Waals surface area contributed by atoms with E-state index >= 15 is 0 Å². The van der Waals surface area contributed by atoms with Crippen LogP contribution in [0.5, 0.6) is 0 Å². The van der Waals surface area contributed by atoms with Gasteiger partial charge in [-0.1, -0.05) is 35.9 Å². The van der Waals surface area contributed by atoms with E-state index in [1.54, 1.807) is 0 Å². The van der Waals surface area contributed by atoms with Crippen molar-refractivity contribution in [1.29, 1.82) is 0 Å². The SMILES string of the molecule is Cc1ccc(SCC(=O)N/N=C\c2ccccc2C(F)(F)F)cc1. The van der Waals surface area contributed by atoms with E-state index in [9.17, 15) is 18.0 Å². The van der Waals surface area contributed by atoms with Crippen molar-refractivity contribution < 1.29 is 18.0 Å². The molecule has 2 aromatic rings. The number of alkyl halides is 3. The van der Waals surface area contributed by atoms with Crippen molar-refractivity contribution >= 4 is 23.9 Å². The maximum Gasteiger partial charge on any atom is 0.417 e. The first-order chi connectivity index (χ1) is 11.4. The van der Waals surface area contributed by atoms with E-state index < -0.39 is 11.7 Å². The fraction of sp³-hybridized carbons (Fsp3) is 0.176. The third kappa shape index (κ3) is 5.42. The molecule has 3 nitrogen and oxygen atoms in total. The van der Waals surface area contributed by atoms with Crippen LogP contribution in [0.3, 0.4) is 0 Å². The van der Waals surface area contributed by atoms with Crippen LogP contribution in [0.2, 0.25) is 0 Å². The molecule has 0 fully saturated rings. The van der Waals surface area contributed by atoms with Gasteiger partial charge >= 0.3 is 6.18 Å². The molecule has 0 unspecified atom stereocenters. The number of hydrazone groups is 1. The molecule has 0 atom stereocenters. The molecule has 0 aromatic heterocycles. The Bertz CT molecular complexity index is 727. The quantitative estimate of drug-likeness (QED) is 0.496. The minimum atomic E-state index is -4.46. The van der Waals surface area contributed by atoms with Gasteiger partial charge in [-0.3, -0.25) is 4.79 Å². The van der Waals surface area contributed by atoms with E-state index in [0.717, 1.165) is 22.7 Å². The molecular weight excluding hydrogens is 337 g/mol. The van der Waals surface area contributed by atoms with Crippen LogP contribution in [-0.4, -0.2) is 17.9 Å². The highest BCUT2D eigenvalue weighted by atomic mass is 32.2. The minimum Gasteiger partial charge on any atom is -0.272 e. The Morgan fingerprint density at radius 3 is 2.50 bits per heavy atom. The molecule has 0 saturated heterocycles. The van der Waals surface area contributed by atoms with Gasteiger partial charge in [-0.05, 0) is 25.1 Å². The summed E-state index contributed by atoms with van der Waals surface area (Å²) in [4.78, 5) is 12.6. The van der Waals surface area contributed by atoms with Crippen molar-refractivity contribution in [1.82, 2.24) is 5.43 Å². The monoisotopic (exact) mass is 352 g/mol. The minimum absolute atomic E-state index is 0.100. The summed E-state index contributed by atoms with van der Waals surface area (Å²) in [5, 5.41) is 3.60. The number of thioether (sulfide) groups is 1. The normalized spacial score (nSPS) is 11.7. The average Bonchev–Trinajstić information content (AvgIpc) is 2.54. The summed E-state index contributed by atoms with van der Waals surface area (Å²) in [6.07, 6.45) is -3.47. The van der Waals surface area contributed by atoms with E-state index in [2.05, 4.69) is 10.5 Å². The Labute approximate surface area is 142 Å². The lowest BCUT2D eigenvalue weighted by Gasteiger charge is -2.09. The molecule has 2 aromatic carbocycles. The number of nitrogens with zero attached hydrogens (tertiary/aromatic N) is 1. The third-order valence-corrected chi connectivity index (χ3v) is 4.06. The molecule has 0 heterocycles. The summed E-state index contributed by atoms with van der Waals surface area (Å²) in [5.74, 6) is -0.261. The van der Waals surface area contributed by atoms with Crippen LogP contribution in [0, 0.1) is 6.92 Å². The number of hydrogen-bond donors (Lipinski definition) is 1. The largest absolute Gasteiger partial charge is 0.417 e. The van der Waals surface area contributed by atoms with Gasteiger partial charge in [0.15, 0.2) is 0 Å². The number of hydrogen-bond acceptors (Lipinski definition) is 3. The summed E-state index contributed by atoms with van der Waals surface area (Å²) in [6.45, 7) is 1.97. The van der Waals surface area contributed by atoms with Gasteiger partial charge in [0.2, 0.25) is 5.91 Å². The van der Waals surface area contributed by atoms with Crippen molar-refractivity contribution in [2.24, 2.45) is 5.10 Å². The second-order valence-corrected chi connectivity index (χ2v) is 6.03. The molecule has 0 aliphatic carbocycles. The predicted octanol–water partition coefficient (Wildman–Crippen LogP) is 4.26. The zero-order valence-electron chi connectivity index (χ0n) is 12.8.